The highest BCUT2D eigenvalue weighted by molar-refractivity contribution is 9.10. The number of anilines is 1. The molecule has 1 N–H and O–H groups in total. The second-order valence-electron chi connectivity index (χ2n) is 2.73. The van der Waals surface area contributed by atoms with E-state index in [9.17, 15) is 4.79 Å². The number of ether oxygens (including phenoxy) is 1. The lowest BCUT2D eigenvalue weighted by Crippen LogP contribution is -2.34. The maximum Gasteiger partial charge on any atom is 0.266 e. The molecule has 2 rings (SSSR count). The molecule has 1 aromatic rings. The van der Waals surface area contributed by atoms with Crippen LogP contribution in [0.5, 0.6) is 5.75 Å². The van der Waals surface area contributed by atoms with Crippen molar-refractivity contribution in [2.45, 2.75) is 13.0 Å². The Kier molecular flexibility index (Phi) is 1.95. The summed E-state index contributed by atoms with van der Waals surface area (Å²) in [7, 11) is 0. The van der Waals surface area contributed by atoms with Crippen LogP contribution in [0.25, 0.3) is 0 Å². The van der Waals surface area contributed by atoms with Crippen molar-refractivity contribution in [3.05, 3.63) is 16.7 Å². The van der Waals surface area contributed by atoms with Crippen LogP contribution in [-0.4, -0.2) is 17.0 Å². The predicted octanol–water partition coefficient (Wildman–Crippen LogP) is 1.56. The predicted molar refractivity (Wildman–Crippen MR) is 50.7 cm³/mol. The van der Waals surface area contributed by atoms with E-state index < -0.39 is 6.10 Å². The summed E-state index contributed by atoms with van der Waals surface area (Å²) in [6, 6.07) is 3.53. The van der Waals surface area contributed by atoms with Crippen LogP contribution in [0, 0.1) is 0 Å². The van der Waals surface area contributed by atoms with E-state index in [1.165, 1.54) is 0 Å². The second kappa shape index (κ2) is 2.99. The smallest absolute Gasteiger partial charge is 0.266 e. The topological polar surface area (TPSA) is 51.2 Å². The molecule has 68 valence electrons. The first-order valence-corrected chi connectivity index (χ1v) is 4.60. The third-order valence-electron chi connectivity index (χ3n) is 1.74. The highest BCUT2D eigenvalue weighted by Gasteiger charge is 2.24. The van der Waals surface area contributed by atoms with Gasteiger partial charge in [0, 0.05) is 0 Å². The summed E-state index contributed by atoms with van der Waals surface area (Å²) in [5.74, 6) is 0.908. The molecule has 5 heteroatoms. The van der Waals surface area contributed by atoms with Crippen LogP contribution in [0.3, 0.4) is 0 Å². The molecular formula is C8H7BrN2O2. The number of rotatable bonds is 0. The van der Waals surface area contributed by atoms with Crippen LogP contribution < -0.4 is 10.1 Å². The average molecular weight is 243 g/mol. The molecule has 1 amide bonds. The molecule has 0 radical (unpaired) electrons. The number of carbonyl (C=O) groups excluding carboxylic acids is 1. The van der Waals surface area contributed by atoms with E-state index in [-0.39, 0.29) is 5.91 Å². The lowest BCUT2D eigenvalue weighted by Gasteiger charge is -2.21. The highest BCUT2D eigenvalue weighted by Crippen LogP contribution is 2.28. The van der Waals surface area contributed by atoms with Gasteiger partial charge in [0.25, 0.3) is 5.91 Å². The molecule has 0 saturated heterocycles. The SMILES string of the molecule is C[C@H]1Oc2ccc(Br)nc2NC1=O. The number of halogens is 1. The summed E-state index contributed by atoms with van der Waals surface area (Å²) in [6.07, 6.45) is -0.449. The molecule has 4 nitrogen and oxygen atoms in total. The summed E-state index contributed by atoms with van der Waals surface area (Å²) in [5.41, 5.74) is 0. The molecule has 2 heterocycles. The average Bonchev–Trinajstić information content (AvgIpc) is 2.08. The van der Waals surface area contributed by atoms with Crippen molar-refractivity contribution in [3.8, 4) is 5.75 Å². The monoisotopic (exact) mass is 242 g/mol. The van der Waals surface area contributed by atoms with Gasteiger partial charge in [0.1, 0.15) is 4.60 Å². The third-order valence-corrected chi connectivity index (χ3v) is 2.18. The Labute approximate surface area is 83.4 Å². The standard InChI is InChI=1S/C8H7BrN2O2/c1-4-8(12)11-7-5(13-4)2-3-6(9)10-7/h2-4H,1H3,(H,10,11,12)/t4-/m1/s1. The fourth-order valence-electron chi connectivity index (χ4n) is 1.07. The van der Waals surface area contributed by atoms with Crippen molar-refractivity contribution >= 4 is 27.7 Å². The molecule has 1 aliphatic heterocycles. The van der Waals surface area contributed by atoms with Crippen LogP contribution in [-0.2, 0) is 4.79 Å². The molecule has 0 fully saturated rings. The maximum atomic E-state index is 11.2. The van der Waals surface area contributed by atoms with E-state index in [0.717, 1.165) is 0 Å². The second-order valence-corrected chi connectivity index (χ2v) is 3.54. The quantitative estimate of drug-likeness (QED) is 0.703. The highest BCUT2D eigenvalue weighted by atomic mass is 79.9. The zero-order chi connectivity index (χ0) is 9.42. The van der Waals surface area contributed by atoms with Crippen molar-refractivity contribution in [2.24, 2.45) is 0 Å². The van der Waals surface area contributed by atoms with E-state index in [1.54, 1.807) is 19.1 Å². The van der Waals surface area contributed by atoms with Gasteiger partial charge in [-0.15, -0.1) is 0 Å². The number of carbonyl (C=O) groups is 1. The number of fused-ring (bicyclic) bond motifs is 1. The van der Waals surface area contributed by atoms with Crippen molar-refractivity contribution in [3.63, 3.8) is 0 Å². The Morgan fingerprint density at radius 2 is 2.38 bits per heavy atom. The zero-order valence-corrected chi connectivity index (χ0v) is 8.46. The van der Waals surface area contributed by atoms with Gasteiger partial charge in [-0.3, -0.25) is 4.79 Å². The first kappa shape index (κ1) is 8.50. The van der Waals surface area contributed by atoms with Crippen LogP contribution in [0.1, 0.15) is 6.92 Å². The first-order valence-electron chi connectivity index (χ1n) is 3.81. The fraction of sp³-hybridized carbons (Fsp3) is 0.250. The van der Waals surface area contributed by atoms with E-state index in [1.807, 2.05) is 0 Å². The Morgan fingerprint density at radius 3 is 3.15 bits per heavy atom. The summed E-state index contributed by atoms with van der Waals surface area (Å²) < 4.78 is 5.97. The Hall–Kier alpha value is -1.10. The summed E-state index contributed by atoms with van der Waals surface area (Å²) in [5, 5.41) is 2.65. The largest absolute Gasteiger partial charge is 0.477 e. The minimum Gasteiger partial charge on any atom is -0.477 e. The fourth-order valence-corrected chi connectivity index (χ4v) is 1.38. The van der Waals surface area contributed by atoms with Gasteiger partial charge in [-0.25, -0.2) is 4.98 Å². The summed E-state index contributed by atoms with van der Waals surface area (Å²) >= 11 is 3.21. The molecular weight excluding hydrogens is 236 g/mol. The molecule has 0 aliphatic carbocycles. The van der Waals surface area contributed by atoms with Gasteiger partial charge < -0.3 is 10.1 Å². The maximum absolute atomic E-state index is 11.2. The minimum atomic E-state index is -0.449. The molecule has 1 aromatic heterocycles. The van der Waals surface area contributed by atoms with Crippen molar-refractivity contribution in [1.82, 2.24) is 4.98 Å². The van der Waals surface area contributed by atoms with Gasteiger partial charge in [-0.05, 0) is 35.0 Å². The number of hydrogen-bond acceptors (Lipinski definition) is 3. The van der Waals surface area contributed by atoms with E-state index in [4.69, 9.17) is 4.74 Å². The minimum absolute atomic E-state index is 0.168. The molecule has 1 atom stereocenters. The normalized spacial score (nSPS) is 20.2. The lowest BCUT2D eigenvalue weighted by atomic mass is 10.3. The Bertz CT molecular complexity index is 367. The number of pyridine rings is 1. The molecule has 0 bridgehead atoms. The third kappa shape index (κ3) is 1.51. The molecule has 0 unspecified atom stereocenters. The first-order chi connectivity index (χ1) is 6.16. The van der Waals surface area contributed by atoms with Gasteiger partial charge >= 0.3 is 0 Å². The van der Waals surface area contributed by atoms with E-state index in [0.29, 0.717) is 16.2 Å². The number of nitrogens with zero attached hydrogens (tertiary/aromatic N) is 1. The van der Waals surface area contributed by atoms with Crippen LogP contribution >= 0.6 is 15.9 Å². The molecule has 13 heavy (non-hydrogen) atoms. The van der Waals surface area contributed by atoms with Gasteiger partial charge in [-0.1, -0.05) is 0 Å². The van der Waals surface area contributed by atoms with Gasteiger partial charge in [-0.2, -0.15) is 0 Å². The summed E-state index contributed by atoms with van der Waals surface area (Å²) in [4.78, 5) is 15.2. The van der Waals surface area contributed by atoms with Crippen molar-refractivity contribution in [1.29, 1.82) is 0 Å². The molecule has 0 aromatic carbocycles. The number of hydrogen-bond donors (Lipinski definition) is 1. The molecule has 0 spiro atoms. The van der Waals surface area contributed by atoms with Gasteiger partial charge in [0.15, 0.2) is 17.7 Å². The van der Waals surface area contributed by atoms with Crippen molar-refractivity contribution < 1.29 is 9.53 Å². The Balaban J connectivity index is 2.42. The number of nitrogens with one attached hydrogen (secondary N) is 1. The van der Waals surface area contributed by atoms with Gasteiger partial charge in [0.05, 0.1) is 0 Å². The van der Waals surface area contributed by atoms with Crippen molar-refractivity contribution in [2.75, 3.05) is 5.32 Å². The zero-order valence-electron chi connectivity index (χ0n) is 6.87. The Morgan fingerprint density at radius 1 is 1.62 bits per heavy atom. The van der Waals surface area contributed by atoms with Crippen LogP contribution in [0.4, 0.5) is 5.82 Å². The lowest BCUT2D eigenvalue weighted by molar-refractivity contribution is -0.122. The summed E-state index contributed by atoms with van der Waals surface area (Å²) in [6.45, 7) is 1.69. The molecule has 1 aliphatic rings. The molecule has 0 saturated carbocycles. The van der Waals surface area contributed by atoms with E-state index in [2.05, 4.69) is 26.2 Å². The van der Waals surface area contributed by atoms with Crippen LogP contribution in [0.15, 0.2) is 16.7 Å². The number of amides is 1. The van der Waals surface area contributed by atoms with Gasteiger partial charge in [0.2, 0.25) is 0 Å². The van der Waals surface area contributed by atoms with E-state index >= 15 is 0 Å². The number of aromatic nitrogens is 1. The van der Waals surface area contributed by atoms with Crippen LogP contribution in [0.2, 0.25) is 0 Å².